The predicted molar refractivity (Wildman–Crippen MR) is 115 cm³/mol. The summed E-state index contributed by atoms with van der Waals surface area (Å²) < 4.78 is 4.79. The first-order valence-corrected chi connectivity index (χ1v) is 10.3. The number of aryl methyl sites for hydroxylation is 1. The van der Waals surface area contributed by atoms with Crippen LogP contribution in [-0.4, -0.2) is 56.8 Å². The van der Waals surface area contributed by atoms with Crippen LogP contribution < -0.4 is 10.6 Å². The number of carbonyl (C=O) groups excluding carboxylic acids is 1. The van der Waals surface area contributed by atoms with E-state index in [0.29, 0.717) is 19.1 Å². The number of nitrogens with one attached hydrogen (secondary N) is 2. The molecule has 6 heteroatoms. The fourth-order valence-corrected chi connectivity index (χ4v) is 3.55. The second kappa shape index (κ2) is 10.9. The molecule has 2 N–H and O–H groups in total. The lowest BCUT2D eigenvalue weighted by molar-refractivity contribution is 0.111. The predicted octanol–water partition coefficient (Wildman–Crippen LogP) is 3.43. The van der Waals surface area contributed by atoms with Crippen LogP contribution in [0.5, 0.6) is 0 Å². The third-order valence-electron chi connectivity index (χ3n) is 5.39. The van der Waals surface area contributed by atoms with Gasteiger partial charge in [-0.25, -0.2) is 4.79 Å². The van der Waals surface area contributed by atoms with E-state index in [4.69, 9.17) is 4.74 Å². The minimum Gasteiger partial charge on any atom is -0.453 e. The SMILES string of the molecule is CN=C(NCC(C)(C)CCCc1ccccc1)NC1CCN(C(=O)OC)CC1. The highest BCUT2D eigenvalue weighted by Gasteiger charge is 2.24. The molecule has 28 heavy (non-hydrogen) atoms. The Morgan fingerprint density at radius 2 is 1.93 bits per heavy atom. The van der Waals surface area contributed by atoms with Gasteiger partial charge in [0.1, 0.15) is 0 Å². The van der Waals surface area contributed by atoms with Crippen molar-refractivity contribution in [2.75, 3.05) is 33.8 Å². The molecule has 0 spiro atoms. The van der Waals surface area contributed by atoms with Gasteiger partial charge in [0.15, 0.2) is 5.96 Å². The van der Waals surface area contributed by atoms with E-state index in [9.17, 15) is 4.79 Å². The number of hydrogen-bond acceptors (Lipinski definition) is 3. The van der Waals surface area contributed by atoms with Crippen LogP contribution in [-0.2, 0) is 11.2 Å². The fourth-order valence-electron chi connectivity index (χ4n) is 3.55. The highest BCUT2D eigenvalue weighted by molar-refractivity contribution is 5.80. The van der Waals surface area contributed by atoms with Crippen LogP contribution in [0.2, 0.25) is 0 Å². The number of piperidine rings is 1. The molecule has 0 aliphatic carbocycles. The van der Waals surface area contributed by atoms with Crippen LogP contribution in [0.25, 0.3) is 0 Å². The van der Waals surface area contributed by atoms with Gasteiger partial charge >= 0.3 is 6.09 Å². The first kappa shape index (κ1) is 22.1. The van der Waals surface area contributed by atoms with Crippen LogP contribution in [0.15, 0.2) is 35.3 Å². The lowest BCUT2D eigenvalue weighted by Crippen LogP contribution is -2.50. The molecule has 0 saturated carbocycles. The highest BCUT2D eigenvalue weighted by atomic mass is 16.5. The zero-order valence-corrected chi connectivity index (χ0v) is 17.8. The third kappa shape index (κ3) is 7.41. The van der Waals surface area contributed by atoms with Crippen molar-refractivity contribution in [3.05, 3.63) is 35.9 Å². The Hall–Kier alpha value is -2.24. The summed E-state index contributed by atoms with van der Waals surface area (Å²) in [5.74, 6) is 0.840. The minimum atomic E-state index is -0.238. The summed E-state index contributed by atoms with van der Waals surface area (Å²) in [4.78, 5) is 17.7. The Balaban J connectivity index is 1.70. The number of hydrogen-bond donors (Lipinski definition) is 2. The average molecular weight is 389 g/mol. The maximum absolute atomic E-state index is 11.6. The van der Waals surface area contributed by atoms with Crippen LogP contribution in [0.4, 0.5) is 4.79 Å². The van der Waals surface area contributed by atoms with Gasteiger partial charge in [0.2, 0.25) is 0 Å². The van der Waals surface area contributed by atoms with Gasteiger partial charge in [-0.1, -0.05) is 44.2 Å². The van der Waals surface area contributed by atoms with E-state index in [1.165, 1.54) is 19.1 Å². The molecule has 1 saturated heterocycles. The normalized spacial score (nSPS) is 16.0. The molecule has 0 radical (unpaired) electrons. The zero-order chi connectivity index (χ0) is 20.4. The van der Waals surface area contributed by atoms with Crippen molar-refractivity contribution in [2.24, 2.45) is 10.4 Å². The molecule has 1 aromatic rings. The van der Waals surface area contributed by atoms with Gasteiger partial charge < -0.3 is 20.3 Å². The first-order chi connectivity index (χ1) is 13.4. The summed E-state index contributed by atoms with van der Waals surface area (Å²) in [7, 11) is 3.24. The van der Waals surface area contributed by atoms with Gasteiger partial charge in [0.25, 0.3) is 0 Å². The highest BCUT2D eigenvalue weighted by Crippen LogP contribution is 2.22. The molecule has 1 aliphatic heterocycles. The fraction of sp³-hybridized carbons (Fsp3) is 0.636. The van der Waals surface area contributed by atoms with E-state index < -0.39 is 0 Å². The molecule has 1 heterocycles. The lowest BCUT2D eigenvalue weighted by Gasteiger charge is -2.33. The Labute approximate surface area is 169 Å². The van der Waals surface area contributed by atoms with E-state index >= 15 is 0 Å². The van der Waals surface area contributed by atoms with Gasteiger partial charge in [-0.05, 0) is 43.1 Å². The number of benzene rings is 1. The molecule has 1 amide bonds. The molecule has 156 valence electrons. The Kier molecular flexibility index (Phi) is 8.61. The Morgan fingerprint density at radius 1 is 1.25 bits per heavy atom. The number of rotatable bonds is 7. The smallest absolute Gasteiger partial charge is 0.409 e. The molecule has 1 fully saturated rings. The quantitative estimate of drug-likeness (QED) is 0.555. The van der Waals surface area contributed by atoms with Crippen LogP contribution in [0.1, 0.15) is 45.1 Å². The molecule has 1 aliphatic rings. The Bertz CT molecular complexity index is 623. The molecule has 0 bridgehead atoms. The number of guanidine groups is 1. The standard InChI is InChI=1S/C22H36N4O2/c1-22(2,14-8-11-18-9-6-5-7-10-18)17-24-20(23-3)25-19-12-15-26(16-13-19)21(27)28-4/h5-7,9-10,19H,8,11-17H2,1-4H3,(H2,23,24,25). The summed E-state index contributed by atoms with van der Waals surface area (Å²) in [6.45, 7) is 6.90. The summed E-state index contributed by atoms with van der Waals surface area (Å²) in [5.41, 5.74) is 1.60. The second-order valence-electron chi connectivity index (χ2n) is 8.30. The number of amides is 1. The number of ether oxygens (including phenoxy) is 1. The summed E-state index contributed by atoms with van der Waals surface area (Å²) in [6.07, 6.45) is 5.01. The number of likely N-dealkylation sites (tertiary alicyclic amines) is 1. The number of nitrogens with zero attached hydrogens (tertiary/aromatic N) is 2. The van der Waals surface area contributed by atoms with Crippen molar-refractivity contribution < 1.29 is 9.53 Å². The van der Waals surface area contributed by atoms with Crippen molar-refractivity contribution in [2.45, 2.75) is 52.0 Å². The summed E-state index contributed by atoms with van der Waals surface area (Å²) in [6, 6.07) is 11.0. The van der Waals surface area contributed by atoms with Crippen molar-refractivity contribution in [1.82, 2.24) is 15.5 Å². The van der Waals surface area contributed by atoms with Gasteiger partial charge in [0, 0.05) is 32.7 Å². The van der Waals surface area contributed by atoms with E-state index in [2.05, 4.69) is 59.8 Å². The van der Waals surface area contributed by atoms with Gasteiger partial charge in [-0.3, -0.25) is 4.99 Å². The maximum atomic E-state index is 11.6. The molecule has 0 aromatic heterocycles. The summed E-state index contributed by atoms with van der Waals surface area (Å²) in [5, 5.41) is 6.98. The van der Waals surface area contributed by atoms with Gasteiger partial charge in [0.05, 0.1) is 7.11 Å². The average Bonchev–Trinajstić information content (AvgIpc) is 2.71. The number of carbonyl (C=O) groups is 1. The summed E-state index contributed by atoms with van der Waals surface area (Å²) >= 11 is 0. The van der Waals surface area contributed by atoms with Crippen LogP contribution in [0.3, 0.4) is 0 Å². The largest absolute Gasteiger partial charge is 0.453 e. The molecule has 0 unspecified atom stereocenters. The van der Waals surface area contributed by atoms with Crippen molar-refractivity contribution in [3.63, 3.8) is 0 Å². The van der Waals surface area contributed by atoms with E-state index in [1.807, 2.05) is 0 Å². The van der Waals surface area contributed by atoms with E-state index in [0.717, 1.165) is 38.2 Å². The molecular weight excluding hydrogens is 352 g/mol. The van der Waals surface area contributed by atoms with Crippen molar-refractivity contribution in [1.29, 1.82) is 0 Å². The molecule has 0 atom stereocenters. The minimum absolute atomic E-state index is 0.195. The van der Waals surface area contributed by atoms with Crippen molar-refractivity contribution in [3.8, 4) is 0 Å². The van der Waals surface area contributed by atoms with Gasteiger partial charge in [-0.2, -0.15) is 0 Å². The first-order valence-electron chi connectivity index (χ1n) is 10.3. The van der Waals surface area contributed by atoms with Crippen LogP contribution in [0, 0.1) is 5.41 Å². The van der Waals surface area contributed by atoms with Crippen molar-refractivity contribution >= 4 is 12.1 Å². The molecule has 6 nitrogen and oxygen atoms in total. The van der Waals surface area contributed by atoms with E-state index in [-0.39, 0.29) is 11.5 Å². The second-order valence-corrected chi connectivity index (χ2v) is 8.30. The monoisotopic (exact) mass is 388 g/mol. The molecular formula is C22H36N4O2. The number of aliphatic imine (C=N–C) groups is 1. The third-order valence-corrected chi connectivity index (χ3v) is 5.39. The van der Waals surface area contributed by atoms with E-state index in [1.54, 1.807) is 11.9 Å². The lowest BCUT2D eigenvalue weighted by atomic mass is 9.86. The maximum Gasteiger partial charge on any atom is 0.409 e. The van der Waals surface area contributed by atoms with Crippen LogP contribution >= 0.6 is 0 Å². The van der Waals surface area contributed by atoms with Gasteiger partial charge in [-0.15, -0.1) is 0 Å². The topological polar surface area (TPSA) is 66.0 Å². The Morgan fingerprint density at radius 3 is 2.54 bits per heavy atom. The zero-order valence-electron chi connectivity index (χ0n) is 17.8. The number of methoxy groups -OCH3 is 1. The molecule has 1 aromatic carbocycles. The molecule has 2 rings (SSSR count).